The number of carbonyl (C=O) groups is 2. The van der Waals surface area contributed by atoms with E-state index in [0.29, 0.717) is 32.5 Å². The fraction of sp³-hybridized carbons (Fsp3) is 0.391. The normalized spacial score (nSPS) is 14.6. The zero-order chi connectivity index (χ0) is 20.1. The van der Waals surface area contributed by atoms with Gasteiger partial charge in [0.05, 0.1) is 7.11 Å². The predicted octanol–water partition coefficient (Wildman–Crippen LogP) is 3.48. The molecule has 3 rings (SSSR count). The Kier molecular flexibility index (Phi) is 6.34. The Balaban J connectivity index is 1.52. The summed E-state index contributed by atoms with van der Waals surface area (Å²) < 4.78 is 5.33. The first kappa shape index (κ1) is 19.9. The van der Waals surface area contributed by atoms with Crippen molar-refractivity contribution in [3.8, 4) is 5.75 Å². The van der Waals surface area contributed by atoms with Crippen molar-refractivity contribution >= 4 is 11.8 Å². The monoisotopic (exact) mass is 380 g/mol. The summed E-state index contributed by atoms with van der Waals surface area (Å²) in [5, 5.41) is 3.01. The van der Waals surface area contributed by atoms with E-state index in [0.717, 1.165) is 22.4 Å². The second-order valence-electron chi connectivity index (χ2n) is 7.40. The Morgan fingerprint density at radius 3 is 2.46 bits per heavy atom. The summed E-state index contributed by atoms with van der Waals surface area (Å²) in [5.41, 5.74) is 3.99. The number of hydrogen-bond acceptors (Lipinski definition) is 3. The number of aryl methyl sites for hydroxylation is 2. The molecule has 148 valence electrons. The fourth-order valence-corrected chi connectivity index (χ4v) is 3.58. The molecule has 28 heavy (non-hydrogen) atoms. The van der Waals surface area contributed by atoms with Crippen molar-refractivity contribution in [1.82, 2.24) is 10.2 Å². The van der Waals surface area contributed by atoms with Crippen LogP contribution in [0.4, 0.5) is 0 Å². The number of rotatable bonds is 5. The molecule has 0 unspecified atom stereocenters. The summed E-state index contributed by atoms with van der Waals surface area (Å²) in [4.78, 5) is 27.1. The van der Waals surface area contributed by atoms with Gasteiger partial charge in [0.1, 0.15) is 5.75 Å². The molecule has 0 spiro atoms. The van der Waals surface area contributed by atoms with E-state index in [1.165, 1.54) is 5.56 Å². The van der Waals surface area contributed by atoms with Gasteiger partial charge in [0, 0.05) is 36.7 Å². The first-order valence-corrected chi connectivity index (χ1v) is 9.75. The van der Waals surface area contributed by atoms with Crippen LogP contribution in [0.15, 0.2) is 42.5 Å². The quantitative estimate of drug-likeness (QED) is 0.864. The number of piperidine rings is 1. The first-order chi connectivity index (χ1) is 13.5. The maximum Gasteiger partial charge on any atom is 0.253 e. The van der Waals surface area contributed by atoms with Crippen LogP contribution in [0.1, 0.15) is 39.9 Å². The molecule has 2 amide bonds. The highest BCUT2D eigenvalue weighted by atomic mass is 16.5. The molecular formula is C23H28N2O3. The zero-order valence-electron chi connectivity index (χ0n) is 16.8. The molecule has 0 radical (unpaired) electrons. The van der Waals surface area contributed by atoms with Gasteiger partial charge in [-0.1, -0.05) is 24.3 Å². The maximum atomic E-state index is 12.7. The minimum atomic E-state index is -0.0569. The van der Waals surface area contributed by atoms with E-state index in [4.69, 9.17) is 4.74 Å². The van der Waals surface area contributed by atoms with E-state index >= 15 is 0 Å². The third kappa shape index (κ3) is 4.53. The number of nitrogens with zero attached hydrogens (tertiary/aromatic N) is 1. The number of benzene rings is 2. The maximum absolute atomic E-state index is 12.7. The van der Waals surface area contributed by atoms with Crippen LogP contribution >= 0.6 is 0 Å². The molecule has 5 heteroatoms. The van der Waals surface area contributed by atoms with Gasteiger partial charge < -0.3 is 15.0 Å². The molecule has 1 heterocycles. The van der Waals surface area contributed by atoms with Crippen LogP contribution in [-0.4, -0.2) is 36.9 Å². The molecule has 1 saturated heterocycles. The van der Waals surface area contributed by atoms with Crippen LogP contribution in [0.5, 0.6) is 5.75 Å². The molecule has 1 aliphatic rings. The summed E-state index contributed by atoms with van der Waals surface area (Å²) in [5.74, 6) is 0.815. The fourth-order valence-electron chi connectivity index (χ4n) is 3.58. The van der Waals surface area contributed by atoms with Gasteiger partial charge in [-0.15, -0.1) is 0 Å². The Labute approximate surface area is 166 Å². The molecule has 1 N–H and O–H groups in total. The molecule has 1 aliphatic heterocycles. The molecule has 0 atom stereocenters. The number of carbonyl (C=O) groups excluding carboxylic acids is 2. The summed E-state index contributed by atoms with van der Waals surface area (Å²) in [6.45, 7) is 5.73. The Morgan fingerprint density at radius 1 is 1.07 bits per heavy atom. The van der Waals surface area contributed by atoms with Gasteiger partial charge in [0.25, 0.3) is 5.91 Å². The summed E-state index contributed by atoms with van der Waals surface area (Å²) in [6.07, 6.45) is 1.38. The van der Waals surface area contributed by atoms with Gasteiger partial charge in [0.15, 0.2) is 0 Å². The van der Waals surface area contributed by atoms with E-state index in [2.05, 4.69) is 5.32 Å². The molecule has 0 bridgehead atoms. The number of likely N-dealkylation sites (tertiary alicyclic amines) is 1. The van der Waals surface area contributed by atoms with Gasteiger partial charge in [0.2, 0.25) is 5.91 Å². The number of hydrogen-bond donors (Lipinski definition) is 1. The largest absolute Gasteiger partial charge is 0.496 e. The highest BCUT2D eigenvalue weighted by Crippen LogP contribution is 2.21. The lowest BCUT2D eigenvalue weighted by Crippen LogP contribution is -2.43. The lowest BCUT2D eigenvalue weighted by Gasteiger charge is -2.31. The van der Waals surface area contributed by atoms with Crippen molar-refractivity contribution in [2.45, 2.75) is 33.2 Å². The minimum absolute atomic E-state index is 0.0455. The van der Waals surface area contributed by atoms with E-state index in [1.807, 2.05) is 61.2 Å². The standard InChI is InChI=1S/C23H28N2O3/c1-16-8-9-19(14-17(16)2)23(27)25-12-10-18(11-13-25)22(26)24-15-20-6-4-5-7-21(20)28-3/h4-9,14,18H,10-13,15H2,1-3H3,(H,24,26). The second-order valence-corrected chi connectivity index (χ2v) is 7.40. The predicted molar refractivity (Wildman–Crippen MR) is 109 cm³/mol. The minimum Gasteiger partial charge on any atom is -0.496 e. The second kappa shape index (κ2) is 8.91. The summed E-state index contributed by atoms with van der Waals surface area (Å²) in [7, 11) is 1.63. The number of ether oxygens (including phenoxy) is 1. The van der Waals surface area contributed by atoms with Gasteiger partial charge in [-0.25, -0.2) is 0 Å². The highest BCUT2D eigenvalue weighted by Gasteiger charge is 2.27. The molecule has 0 aromatic heterocycles. The highest BCUT2D eigenvalue weighted by molar-refractivity contribution is 5.94. The van der Waals surface area contributed by atoms with Crippen molar-refractivity contribution < 1.29 is 14.3 Å². The molecule has 2 aromatic carbocycles. The Bertz CT molecular complexity index is 855. The van der Waals surface area contributed by atoms with Crippen molar-refractivity contribution in [1.29, 1.82) is 0 Å². The number of methoxy groups -OCH3 is 1. The molecular weight excluding hydrogens is 352 g/mol. The van der Waals surface area contributed by atoms with E-state index in [-0.39, 0.29) is 17.7 Å². The average molecular weight is 380 g/mol. The Morgan fingerprint density at radius 2 is 1.79 bits per heavy atom. The van der Waals surface area contributed by atoms with Crippen molar-refractivity contribution in [2.24, 2.45) is 5.92 Å². The van der Waals surface area contributed by atoms with Gasteiger partial charge in [-0.2, -0.15) is 0 Å². The Hall–Kier alpha value is -2.82. The molecule has 1 fully saturated rings. The van der Waals surface area contributed by atoms with Gasteiger partial charge >= 0.3 is 0 Å². The topological polar surface area (TPSA) is 58.6 Å². The first-order valence-electron chi connectivity index (χ1n) is 9.75. The SMILES string of the molecule is COc1ccccc1CNC(=O)C1CCN(C(=O)c2ccc(C)c(C)c2)CC1. The number of amides is 2. The third-order valence-corrected chi connectivity index (χ3v) is 5.55. The molecule has 2 aromatic rings. The van der Waals surface area contributed by atoms with Crippen LogP contribution in [0.3, 0.4) is 0 Å². The smallest absolute Gasteiger partial charge is 0.253 e. The lowest BCUT2D eigenvalue weighted by atomic mass is 9.95. The van der Waals surface area contributed by atoms with E-state index in [9.17, 15) is 9.59 Å². The van der Waals surface area contributed by atoms with Crippen LogP contribution < -0.4 is 10.1 Å². The lowest BCUT2D eigenvalue weighted by molar-refractivity contribution is -0.126. The van der Waals surface area contributed by atoms with Crippen molar-refractivity contribution in [3.05, 3.63) is 64.7 Å². The molecule has 5 nitrogen and oxygen atoms in total. The van der Waals surface area contributed by atoms with Crippen LogP contribution in [-0.2, 0) is 11.3 Å². The summed E-state index contributed by atoms with van der Waals surface area (Å²) >= 11 is 0. The van der Waals surface area contributed by atoms with E-state index in [1.54, 1.807) is 7.11 Å². The number of para-hydroxylation sites is 1. The molecule has 0 saturated carbocycles. The molecule has 0 aliphatic carbocycles. The van der Waals surface area contributed by atoms with Crippen molar-refractivity contribution in [2.75, 3.05) is 20.2 Å². The van der Waals surface area contributed by atoms with Crippen LogP contribution in [0.25, 0.3) is 0 Å². The number of nitrogens with one attached hydrogen (secondary N) is 1. The van der Waals surface area contributed by atoms with Crippen LogP contribution in [0, 0.1) is 19.8 Å². The van der Waals surface area contributed by atoms with Crippen LogP contribution in [0.2, 0.25) is 0 Å². The third-order valence-electron chi connectivity index (χ3n) is 5.55. The van der Waals surface area contributed by atoms with Gasteiger partial charge in [-0.3, -0.25) is 9.59 Å². The summed E-state index contributed by atoms with van der Waals surface area (Å²) in [6, 6.07) is 13.5. The van der Waals surface area contributed by atoms with Gasteiger partial charge in [-0.05, 0) is 56.0 Å². The van der Waals surface area contributed by atoms with E-state index < -0.39 is 0 Å². The van der Waals surface area contributed by atoms with Crippen molar-refractivity contribution in [3.63, 3.8) is 0 Å². The zero-order valence-corrected chi connectivity index (χ0v) is 16.8. The average Bonchev–Trinajstić information content (AvgIpc) is 2.73.